The Hall–Kier alpha value is -0.780. The predicted molar refractivity (Wildman–Crippen MR) is 106 cm³/mol. The average Bonchev–Trinajstić information content (AvgIpc) is 2.88. The maximum atomic E-state index is 4.35. The molecule has 3 rings (SSSR count). The number of rotatable bonds is 4. The fourth-order valence-corrected chi connectivity index (χ4v) is 7.42. The average molecular weight is 327 g/mol. The van der Waals surface area contributed by atoms with Gasteiger partial charge in [0.15, 0.2) is 0 Å². The Balaban J connectivity index is 1.93. The molecule has 3 fully saturated rings. The Labute approximate surface area is 150 Å². The highest BCUT2D eigenvalue weighted by Gasteiger charge is 2.58. The third-order valence-electron chi connectivity index (χ3n) is 8.42. The molecule has 3 aliphatic carbocycles. The molecule has 0 N–H and O–H groups in total. The van der Waals surface area contributed by atoms with Crippen molar-refractivity contribution in [3.8, 4) is 0 Å². The van der Waals surface area contributed by atoms with E-state index in [2.05, 4.69) is 46.9 Å². The van der Waals surface area contributed by atoms with E-state index in [9.17, 15) is 0 Å². The second-order valence-electron chi connectivity index (χ2n) is 9.53. The van der Waals surface area contributed by atoms with Crippen molar-refractivity contribution >= 4 is 0 Å². The van der Waals surface area contributed by atoms with E-state index in [1.54, 1.807) is 5.57 Å². The third-order valence-corrected chi connectivity index (χ3v) is 8.42. The van der Waals surface area contributed by atoms with Gasteiger partial charge in [0.05, 0.1) is 0 Å². The fraction of sp³-hybridized carbons (Fsp3) is 0.750. The lowest BCUT2D eigenvalue weighted by molar-refractivity contribution is -0.0442. The molecule has 0 aromatic heterocycles. The molecule has 0 aliphatic heterocycles. The van der Waals surface area contributed by atoms with Gasteiger partial charge in [-0.1, -0.05) is 63.6 Å². The van der Waals surface area contributed by atoms with E-state index in [1.807, 2.05) is 6.08 Å². The fourth-order valence-electron chi connectivity index (χ4n) is 7.42. The highest BCUT2D eigenvalue weighted by Crippen LogP contribution is 2.66. The van der Waals surface area contributed by atoms with E-state index >= 15 is 0 Å². The van der Waals surface area contributed by atoms with Crippen molar-refractivity contribution in [2.24, 2.45) is 34.5 Å². The zero-order valence-electron chi connectivity index (χ0n) is 16.5. The van der Waals surface area contributed by atoms with Gasteiger partial charge in [0.2, 0.25) is 0 Å². The van der Waals surface area contributed by atoms with E-state index in [-0.39, 0.29) is 0 Å². The molecule has 0 bridgehead atoms. The van der Waals surface area contributed by atoms with Crippen LogP contribution in [0.2, 0.25) is 0 Å². The first-order valence-electron chi connectivity index (χ1n) is 10.4. The Bertz CT molecular complexity index is 538. The number of hydrogen-bond donors (Lipinski definition) is 0. The summed E-state index contributed by atoms with van der Waals surface area (Å²) in [6, 6.07) is 0. The van der Waals surface area contributed by atoms with Crippen LogP contribution in [0.4, 0.5) is 0 Å². The number of fused-ring (bicyclic) bond motifs is 3. The van der Waals surface area contributed by atoms with Crippen LogP contribution in [0.25, 0.3) is 0 Å². The van der Waals surface area contributed by atoms with Gasteiger partial charge in [0.1, 0.15) is 0 Å². The van der Waals surface area contributed by atoms with E-state index in [1.165, 1.54) is 56.9 Å². The van der Waals surface area contributed by atoms with Gasteiger partial charge >= 0.3 is 0 Å². The van der Waals surface area contributed by atoms with E-state index in [0.29, 0.717) is 10.8 Å². The first kappa shape index (κ1) is 18.0. The van der Waals surface area contributed by atoms with Gasteiger partial charge in [-0.15, -0.1) is 0 Å². The first-order chi connectivity index (χ1) is 11.4. The Kier molecular flexibility index (Phi) is 4.89. The summed E-state index contributed by atoms with van der Waals surface area (Å²) >= 11 is 0. The van der Waals surface area contributed by atoms with Gasteiger partial charge in [-0.25, -0.2) is 0 Å². The molecule has 0 radical (unpaired) electrons. The molecular formula is C24H38. The Morgan fingerprint density at radius 2 is 1.92 bits per heavy atom. The second kappa shape index (κ2) is 6.50. The Morgan fingerprint density at radius 3 is 2.54 bits per heavy atom. The van der Waals surface area contributed by atoms with Crippen molar-refractivity contribution in [1.29, 1.82) is 0 Å². The van der Waals surface area contributed by atoms with Crippen molar-refractivity contribution in [2.45, 2.75) is 79.1 Å². The van der Waals surface area contributed by atoms with Gasteiger partial charge in [0.25, 0.3) is 0 Å². The van der Waals surface area contributed by atoms with Crippen molar-refractivity contribution in [3.05, 3.63) is 36.5 Å². The molecule has 134 valence electrons. The second-order valence-corrected chi connectivity index (χ2v) is 9.53. The molecule has 0 nitrogen and oxygen atoms in total. The van der Waals surface area contributed by atoms with Crippen LogP contribution in [-0.4, -0.2) is 0 Å². The molecular weight excluding hydrogens is 288 g/mol. The largest absolute Gasteiger partial charge is 0.0998 e. The highest BCUT2D eigenvalue weighted by molar-refractivity contribution is 5.25. The van der Waals surface area contributed by atoms with Crippen LogP contribution in [0.3, 0.4) is 0 Å². The minimum atomic E-state index is 0.411. The van der Waals surface area contributed by atoms with Gasteiger partial charge in [-0.3, -0.25) is 0 Å². The SMILES string of the molecule is C=C/C=C1/CCC2C(CCC3(C)C(C(=C)C)CCC23)C1(C)CCC. The van der Waals surface area contributed by atoms with Gasteiger partial charge in [-0.2, -0.15) is 0 Å². The van der Waals surface area contributed by atoms with Gasteiger partial charge in [0, 0.05) is 0 Å². The quantitative estimate of drug-likeness (QED) is 0.474. The molecule has 0 aromatic carbocycles. The predicted octanol–water partition coefficient (Wildman–Crippen LogP) is 7.33. The minimum absolute atomic E-state index is 0.411. The van der Waals surface area contributed by atoms with Crippen LogP contribution in [0.15, 0.2) is 36.5 Å². The summed E-state index contributed by atoms with van der Waals surface area (Å²) in [6.45, 7) is 18.2. The molecule has 0 amide bonds. The first-order valence-corrected chi connectivity index (χ1v) is 10.4. The van der Waals surface area contributed by atoms with Crippen molar-refractivity contribution in [3.63, 3.8) is 0 Å². The standard InChI is InChI=1S/C24H38/c1-7-9-18-10-11-19-21-13-12-20(17(3)4)24(21,6)16-14-22(19)23(18,5)15-8-2/h7,9,19-22H,1,3,8,10-16H2,2,4-6H3/b18-9-. The third kappa shape index (κ3) is 2.56. The highest BCUT2D eigenvalue weighted by atomic mass is 14.6. The molecule has 0 heteroatoms. The maximum Gasteiger partial charge on any atom is -0.00824 e. The molecule has 24 heavy (non-hydrogen) atoms. The van der Waals surface area contributed by atoms with Crippen molar-refractivity contribution in [1.82, 2.24) is 0 Å². The molecule has 0 aromatic rings. The molecule has 0 saturated heterocycles. The summed E-state index contributed by atoms with van der Waals surface area (Å²) < 4.78 is 0. The van der Waals surface area contributed by atoms with Crippen LogP contribution in [-0.2, 0) is 0 Å². The zero-order valence-corrected chi connectivity index (χ0v) is 16.5. The van der Waals surface area contributed by atoms with Crippen LogP contribution in [0, 0.1) is 34.5 Å². The molecule has 3 saturated carbocycles. The summed E-state index contributed by atoms with van der Waals surface area (Å²) in [6.07, 6.45) is 15.4. The summed E-state index contributed by atoms with van der Waals surface area (Å²) in [4.78, 5) is 0. The normalized spacial score (nSPS) is 46.4. The van der Waals surface area contributed by atoms with Crippen LogP contribution < -0.4 is 0 Å². The van der Waals surface area contributed by atoms with Crippen molar-refractivity contribution < 1.29 is 0 Å². The molecule has 6 atom stereocenters. The summed E-state index contributed by atoms with van der Waals surface area (Å²) in [5.41, 5.74) is 4.07. The van der Waals surface area contributed by atoms with E-state index in [0.717, 1.165) is 23.7 Å². The van der Waals surface area contributed by atoms with E-state index < -0.39 is 0 Å². The number of hydrogen-bond acceptors (Lipinski definition) is 0. The molecule has 6 unspecified atom stereocenters. The van der Waals surface area contributed by atoms with Crippen LogP contribution in [0.5, 0.6) is 0 Å². The smallest absolute Gasteiger partial charge is 0.00824 e. The lowest BCUT2D eigenvalue weighted by Crippen LogP contribution is -2.49. The van der Waals surface area contributed by atoms with Crippen LogP contribution in [0.1, 0.15) is 79.1 Å². The van der Waals surface area contributed by atoms with Gasteiger partial charge < -0.3 is 0 Å². The Morgan fingerprint density at radius 1 is 1.17 bits per heavy atom. The molecule has 3 aliphatic rings. The summed E-state index contributed by atoms with van der Waals surface area (Å²) in [5, 5.41) is 0. The van der Waals surface area contributed by atoms with Crippen LogP contribution >= 0.6 is 0 Å². The topological polar surface area (TPSA) is 0 Å². The molecule has 0 spiro atoms. The summed E-state index contributed by atoms with van der Waals surface area (Å²) in [7, 11) is 0. The maximum absolute atomic E-state index is 4.35. The number of allylic oxidation sites excluding steroid dienone is 4. The lowest BCUT2D eigenvalue weighted by atomic mass is 9.47. The zero-order chi connectivity index (χ0) is 17.5. The minimum Gasteiger partial charge on any atom is -0.0998 e. The van der Waals surface area contributed by atoms with E-state index in [4.69, 9.17) is 0 Å². The van der Waals surface area contributed by atoms with Crippen molar-refractivity contribution in [2.75, 3.05) is 0 Å². The molecule has 0 heterocycles. The monoisotopic (exact) mass is 326 g/mol. The summed E-state index contributed by atoms with van der Waals surface area (Å²) in [5.74, 6) is 3.52. The lowest BCUT2D eigenvalue weighted by Gasteiger charge is -2.57. The van der Waals surface area contributed by atoms with Gasteiger partial charge in [-0.05, 0) is 86.4 Å².